The van der Waals surface area contributed by atoms with Gasteiger partial charge < -0.3 is 5.73 Å². The zero-order valence-corrected chi connectivity index (χ0v) is 9.14. The molecule has 0 aliphatic carbocycles. The second-order valence-electron chi connectivity index (χ2n) is 2.73. The van der Waals surface area contributed by atoms with Gasteiger partial charge in [-0.05, 0) is 12.1 Å². The van der Waals surface area contributed by atoms with Crippen LogP contribution in [0.2, 0.25) is 0 Å². The van der Waals surface area contributed by atoms with E-state index in [0.29, 0.717) is 5.33 Å². The minimum Gasteiger partial charge on any atom is -0.384 e. The number of anilines is 1. The molecule has 2 nitrogen and oxygen atoms in total. The summed E-state index contributed by atoms with van der Waals surface area (Å²) in [5.74, 6) is -0.140. The number of nitrogens with two attached hydrogens (primary N) is 1. The van der Waals surface area contributed by atoms with Gasteiger partial charge in [-0.2, -0.15) is 13.2 Å². The molecule has 2 N–H and O–H groups in total. The van der Waals surface area contributed by atoms with Crippen LogP contribution in [0.25, 0.3) is 6.08 Å². The standard InChI is InChI=1S/C9H8BrF3N2/c10-5-1-2-6-3-4-7(14)15-8(6)9(11,12)13/h1-4H,5H2,(H2,14,15). The van der Waals surface area contributed by atoms with Crippen LogP contribution in [-0.2, 0) is 6.18 Å². The number of nitrogen functional groups attached to an aromatic ring is 1. The van der Waals surface area contributed by atoms with E-state index in [1.165, 1.54) is 18.2 Å². The van der Waals surface area contributed by atoms with Crippen LogP contribution < -0.4 is 5.73 Å². The summed E-state index contributed by atoms with van der Waals surface area (Å²) in [5.41, 5.74) is 4.26. The summed E-state index contributed by atoms with van der Waals surface area (Å²) in [6.07, 6.45) is -1.58. The molecule has 1 aromatic heterocycles. The maximum Gasteiger partial charge on any atom is 0.434 e. The van der Waals surface area contributed by atoms with Gasteiger partial charge >= 0.3 is 6.18 Å². The Morgan fingerprint density at radius 2 is 2.07 bits per heavy atom. The molecule has 0 spiro atoms. The minimum absolute atomic E-state index is 0.0103. The Bertz CT molecular complexity index is 374. The molecule has 0 aliphatic heterocycles. The normalized spacial score (nSPS) is 12.3. The van der Waals surface area contributed by atoms with Gasteiger partial charge in [0.25, 0.3) is 0 Å². The number of aromatic nitrogens is 1. The molecule has 0 aromatic carbocycles. The number of halogens is 4. The Morgan fingerprint density at radius 1 is 1.40 bits per heavy atom. The summed E-state index contributed by atoms with van der Waals surface area (Å²) >= 11 is 3.08. The average Bonchev–Trinajstić information content (AvgIpc) is 2.14. The number of allylic oxidation sites excluding steroid dienone is 1. The molecule has 0 saturated carbocycles. The van der Waals surface area contributed by atoms with Gasteiger partial charge in [0, 0.05) is 10.9 Å². The molecule has 6 heteroatoms. The fraction of sp³-hybridized carbons (Fsp3) is 0.222. The largest absolute Gasteiger partial charge is 0.434 e. The number of rotatable bonds is 2. The highest BCUT2D eigenvalue weighted by atomic mass is 79.9. The summed E-state index contributed by atoms with van der Waals surface area (Å²) in [4.78, 5) is 3.28. The number of nitrogens with zero attached hydrogens (tertiary/aromatic N) is 1. The molecule has 0 unspecified atom stereocenters. The lowest BCUT2D eigenvalue weighted by atomic mass is 10.1. The molecule has 82 valence electrons. The zero-order valence-electron chi connectivity index (χ0n) is 7.55. The molecule has 0 amide bonds. The summed E-state index contributed by atoms with van der Waals surface area (Å²) in [6, 6.07) is 2.63. The first-order chi connectivity index (χ1) is 6.95. The van der Waals surface area contributed by atoms with E-state index < -0.39 is 11.9 Å². The second kappa shape index (κ2) is 4.65. The number of hydrogen-bond acceptors (Lipinski definition) is 2. The van der Waals surface area contributed by atoms with Crippen molar-refractivity contribution >= 4 is 27.8 Å². The Morgan fingerprint density at radius 3 is 2.60 bits per heavy atom. The predicted molar refractivity (Wildman–Crippen MR) is 56.5 cm³/mol. The van der Waals surface area contributed by atoms with Crippen LogP contribution >= 0.6 is 15.9 Å². The average molecular weight is 281 g/mol. The number of pyridine rings is 1. The summed E-state index contributed by atoms with van der Waals surface area (Å²) in [6.45, 7) is 0. The van der Waals surface area contributed by atoms with Gasteiger partial charge in [-0.15, -0.1) is 0 Å². The van der Waals surface area contributed by atoms with Crippen molar-refractivity contribution in [2.75, 3.05) is 11.1 Å². The lowest BCUT2D eigenvalue weighted by molar-refractivity contribution is -0.141. The molecule has 1 heterocycles. The molecule has 0 atom stereocenters. The Balaban J connectivity index is 3.21. The Kier molecular flexibility index (Phi) is 3.73. The van der Waals surface area contributed by atoms with E-state index in [2.05, 4.69) is 20.9 Å². The molecule has 1 rings (SSSR count). The predicted octanol–water partition coefficient (Wildman–Crippen LogP) is 3.09. The highest BCUT2D eigenvalue weighted by Crippen LogP contribution is 2.31. The Hall–Kier alpha value is -1.04. The van der Waals surface area contributed by atoms with Crippen molar-refractivity contribution in [3.8, 4) is 0 Å². The van der Waals surface area contributed by atoms with Gasteiger partial charge in [0.1, 0.15) is 5.82 Å². The maximum atomic E-state index is 12.5. The summed E-state index contributed by atoms with van der Waals surface area (Å²) < 4.78 is 37.5. The highest BCUT2D eigenvalue weighted by molar-refractivity contribution is 9.09. The van der Waals surface area contributed by atoms with Crippen molar-refractivity contribution in [1.29, 1.82) is 0 Å². The van der Waals surface area contributed by atoms with Crippen molar-refractivity contribution in [3.05, 3.63) is 29.5 Å². The fourth-order valence-corrected chi connectivity index (χ4v) is 1.20. The first-order valence-corrected chi connectivity index (χ1v) is 5.13. The summed E-state index contributed by atoms with van der Waals surface area (Å²) in [7, 11) is 0. The van der Waals surface area contributed by atoms with E-state index in [9.17, 15) is 13.2 Å². The second-order valence-corrected chi connectivity index (χ2v) is 3.38. The molecular weight excluding hydrogens is 273 g/mol. The van der Waals surface area contributed by atoms with Crippen LogP contribution in [0.5, 0.6) is 0 Å². The van der Waals surface area contributed by atoms with Crippen LogP contribution in [0, 0.1) is 0 Å². The monoisotopic (exact) mass is 280 g/mol. The molecule has 0 fully saturated rings. The van der Waals surface area contributed by atoms with Gasteiger partial charge in [0.05, 0.1) is 0 Å². The molecule has 0 bridgehead atoms. The van der Waals surface area contributed by atoms with Gasteiger partial charge in [0.15, 0.2) is 5.69 Å². The van der Waals surface area contributed by atoms with E-state index in [0.717, 1.165) is 0 Å². The van der Waals surface area contributed by atoms with Gasteiger partial charge in [-0.1, -0.05) is 28.1 Å². The van der Waals surface area contributed by atoms with Crippen LogP contribution in [0.3, 0.4) is 0 Å². The first-order valence-electron chi connectivity index (χ1n) is 4.01. The van der Waals surface area contributed by atoms with Crippen LogP contribution in [0.15, 0.2) is 18.2 Å². The van der Waals surface area contributed by atoms with E-state index in [1.54, 1.807) is 6.08 Å². The quantitative estimate of drug-likeness (QED) is 0.846. The van der Waals surface area contributed by atoms with Gasteiger partial charge in [0.2, 0.25) is 0 Å². The molecule has 15 heavy (non-hydrogen) atoms. The van der Waals surface area contributed by atoms with Crippen LogP contribution in [-0.4, -0.2) is 10.3 Å². The van der Waals surface area contributed by atoms with Crippen molar-refractivity contribution in [3.63, 3.8) is 0 Å². The van der Waals surface area contributed by atoms with E-state index in [-0.39, 0.29) is 11.4 Å². The number of hydrogen-bond donors (Lipinski definition) is 1. The number of alkyl halides is 4. The Labute approximate surface area is 93.1 Å². The maximum absolute atomic E-state index is 12.5. The van der Waals surface area contributed by atoms with Crippen LogP contribution in [0.1, 0.15) is 11.3 Å². The van der Waals surface area contributed by atoms with Gasteiger partial charge in [-0.25, -0.2) is 4.98 Å². The summed E-state index contributed by atoms with van der Waals surface area (Å²) in [5, 5.41) is 0.481. The smallest absolute Gasteiger partial charge is 0.384 e. The fourth-order valence-electron chi connectivity index (χ4n) is 1.02. The SMILES string of the molecule is Nc1ccc(C=CCBr)c(C(F)(F)F)n1. The minimum atomic E-state index is -4.48. The molecule has 0 radical (unpaired) electrons. The lowest BCUT2D eigenvalue weighted by Crippen LogP contribution is -2.11. The van der Waals surface area contributed by atoms with E-state index >= 15 is 0 Å². The third kappa shape index (κ3) is 3.23. The zero-order chi connectivity index (χ0) is 11.5. The lowest BCUT2D eigenvalue weighted by Gasteiger charge is -2.09. The van der Waals surface area contributed by atoms with Crippen LogP contribution in [0.4, 0.5) is 19.0 Å². The van der Waals surface area contributed by atoms with E-state index in [4.69, 9.17) is 5.73 Å². The third-order valence-electron chi connectivity index (χ3n) is 1.60. The van der Waals surface area contributed by atoms with E-state index in [1.807, 2.05) is 0 Å². The molecule has 0 saturated heterocycles. The van der Waals surface area contributed by atoms with Crippen molar-refractivity contribution in [1.82, 2.24) is 4.98 Å². The molecule has 0 aliphatic rings. The van der Waals surface area contributed by atoms with Crippen molar-refractivity contribution < 1.29 is 13.2 Å². The molecular formula is C9H8BrF3N2. The third-order valence-corrected chi connectivity index (χ3v) is 1.98. The van der Waals surface area contributed by atoms with Crippen molar-refractivity contribution in [2.24, 2.45) is 0 Å². The van der Waals surface area contributed by atoms with Crippen molar-refractivity contribution in [2.45, 2.75) is 6.18 Å². The topological polar surface area (TPSA) is 38.9 Å². The van der Waals surface area contributed by atoms with Gasteiger partial charge in [-0.3, -0.25) is 0 Å². The first kappa shape index (κ1) is 12.0. The highest BCUT2D eigenvalue weighted by Gasteiger charge is 2.34. The molecule has 1 aromatic rings.